The highest BCUT2D eigenvalue weighted by Crippen LogP contribution is 2.54. The number of benzene rings is 1. The number of piperidine rings is 1. The second kappa shape index (κ2) is 6.42. The molecule has 7 nitrogen and oxygen atoms in total. The van der Waals surface area contributed by atoms with E-state index in [4.69, 9.17) is 0 Å². The quantitative estimate of drug-likeness (QED) is 0.895. The molecule has 1 atom stereocenters. The number of hydrogen-bond acceptors (Lipinski definition) is 5. The number of carbonyl (C=O) groups is 1. The molecule has 1 spiro atoms. The van der Waals surface area contributed by atoms with Crippen molar-refractivity contribution in [3.05, 3.63) is 41.0 Å². The van der Waals surface area contributed by atoms with Crippen molar-refractivity contribution >= 4 is 5.91 Å². The van der Waals surface area contributed by atoms with Crippen LogP contribution < -0.4 is 5.32 Å². The number of amides is 1. The molecule has 1 saturated carbocycles. The average molecular weight is 358 g/mol. The van der Waals surface area contributed by atoms with E-state index >= 15 is 0 Å². The van der Waals surface area contributed by atoms with Crippen LogP contribution in [0, 0.1) is 18.2 Å². The van der Waals surface area contributed by atoms with Crippen LogP contribution in [0.1, 0.15) is 41.0 Å². The molecule has 1 amide bonds. The summed E-state index contributed by atoms with van der Waals surface area (Å²) in [6.07, 6.45) is 3.02. The van der Waals surface area contributed by atoms with E-state index in [0.717, 1.165) is 43.7 Å². The van der Waals surface area contributed by atoms with Crippen molar-refractivity contribution in [1.29, 1.82) is 0 Å². The van der Waals surface area contributed by atoms with Gasteiger partial charge in [-0.3, -0.25) is 9.69 Å². The van der Waals surface area contributed by atoms with Gasteiger partial charge in [0.05, 0.1) is 19.2 Å². The van der Waals surface area contributed by atoms with Gasteiger partial charge < -0.3 is 5.32 Å². The third-order valence-corrected chi connectivity index (χ3v) is 5.63. The minimum absolute atomic E-state index is 0.137. The van der Waals surface area contributed by atoms with Crippen LogP contribution in [0.2, 0.25) is 0 Å². The fourth-order valence-corrected chi connectivity index (χ4v) is 3.90. The maximum atomic E-state index is 13.9. The number of nitrogens with one attached hydrogen (secondary N) is 1. The van der Waals surface area contributed by atoms with E-state index in [9.17, 15) is 9.18 Å². The molecule has 1 aromatic heterocycles. The molecule has 0 bridgehead atoms. The Labute approximate surface area is 151 Å². The van der Waals surface area contributed by atoms with Gasteiger partial charge >= 0.3 is 0 Å². The molecule has 0 radical (unpaired) electrons. The van der Waals surface area contributed by atoms with Gasteiger partial charge in [-0.05, 0) is 62.0 Å². The lowest BCUT2D eigenvalue weighted by molar-refractivity contribution is 0.0929. The highest BCUT2D eigenvalue weighted by atomic mass is 19.1. The SMILES string of the molecule is Cc1ccc(F)c(C(=O)NC2CC23CCN(Cc2nnn(C)n2)CC3)c1. The van der Waals surface area contributed by atoms with Gasteiger partial charge in [0.25, 0.3) is 5.91 Å². The van der Waals surface area contributed by atoms with Crippen molar-refractivity contribution < 1.29 is 9.18 Å². The lowest BCUT2D eigenvalue weighted by atomic mass is 9.92. The van der Waals surface area contributed by atoms with Gasteiger partial charge in [-0.1, -0.05) is 11.6 Å². The molecule has 1 aromatic carbocycles. The van der Waals surface area contributed by atoms with Gasteiger partial charge in [0.1, 0.15) is 5.82 Å². The summed E-state index contributed by atoms with van der Waals surface area (Å²) in [6.45, 7) is 4.46. The second-order valence-electron chi connectivity index (χ2n) is 7.55. The summed E-state index contributed by atoms with van der Waals surface area (Å²) in [4.78, 5) is 16.2. The summed E-state index contributed by atoms with van der Waals surface area (Å²) in [5, 5.41) is 15.1. The fourth-order valence-electron chi connectivity index (χ4n) is 3.90. The number of aromatic nitrogens is 4. The zero-order valence-corrected chi connectivity index (χ0v) is 15.1. The van der Waals surface area contributed by atoms with Crippen LogP contribution in [-0.2, 0) is 13.6 Å². The summed E-state index contributed by atoms with van der Waals surface area (Å²) in [7, 11) is 1.76. The van der Waals surface area contributed by atoms with Gasteiger partial charge in [-0.15, -0.1) is 10.2 Å². The smallest absolute Gasteiger partial charge is 0.254 e. The Morgan fingerprint density at radius 3 is 2.85 bits per heavy atom. The van der Waals surface area contributed by atoms with Gasteiger partial charge in [0.15, 0.2) is 5.82 Å². The van der Waals surface area contributed by atoms with Crippen molar-refractivity contribution in [2.45, 2.75) is 38.8 Å². The van der Waals surface area contributed by atoms with Crippen molar-refractivity contribution in [3.8, 4) is 0 Å². The molecule has 1 saturated heterocycles. The van der Waals surface area contributed by atoms with E-state index in [1.807, 2.05) is 6.92 Å². The standard InChI is InChI=1S/C18H23FN6O/c1-12-3-4-14(19)13(9-12)17(26)20-15-10-18(15)5-7-25(8-6-18)11-16-21-23-24(2)22-16/h3-4,9,15H,5-8,10-11H2,1-2H3,(H,20,26). The van der Waals surface area contributed by atoms with E-state index in [1.165, 1.54) is 10.9 Å². The third kappa shape index (κ3) is 3.33. The highest BCUT2D eigenvalue weighted by molar-refractivity contribution is 5.95. The Hall–Kier alpha value is -2.35. The topological polar surface area (TPSA) is 75.9 Å². The lowest BCUT2D eigenvalue weighted by Crippen LogP contribution is -2.38. The molecule has 2 aliphatic rings. The van der Waals surface area contributed by atoms with Crippen LogP contribution in [0.5, 0.6) is 0 Å². The number of tetrazole rings is 1. The number of aryl methyl sites for hydroxylation is 2. The van der Waals surface area contributed by atoms with Gasteiger partial charge in [0, 0.05) is 6.04 Å². The highest BCUT2D eigenvalue weighted by Gasteiger charge is 2.55. The maximum Gasteiger partial charge on any atom is 0.254 e. The number of hydrogen-bond donors (Lipinski definition) is 1. The first-order valence-corrected chi connectivity index (χ1v) is 8.97. The summed E-state index contributed by atoms with van der Waals surface area (Å²) in [5.74, 6) is -0.0348. The first-order valence-electron chi connectivity index (χ1n) is 8.97. The average Bonchev–Trinajstić information content (AvgIpc) is 3.09. The van der Waals surface area contributed by atoms with Crippen LogP contribution in [0.3, 0.4) is 0 Å². The normalized spacial score (nSPS) is 21.7. The third-order valence-electron chi connectivity index (χ3n) is 5.63. The number of likely N-dealkylation sites (tertiary alicyclic amines) is 1. The van der Waals surface area contributed by atoms with Crippen LogP contribution in [0.4, 0.5) is 4.39 Å². The Morgan fingerprint density at radius 1 is 1.38 bits per heavy atom. The molecule has 2 fully saturated rings. The molecule has 2 aromatic rings. The lowest BCUT2D eigenvalue weighted by Gasteiger charge is -2.32. The number of rotatable bonds is 4. The van der Waals surface area contributed by atoms with E-state index in [0.29, 0.717) is 6.54 Å². The van der Waals surface area contributed by atoms with Gasteiger partial charge in [-0.2, -0.15) is 4.80 Å². The van der Waals surface area contributed by atoms with E-state index < -0.39 is 5.82 Å². The van der Waals surface area contributed by atoms with Crippen LogP contribution in [0.15, 0.2) is 18.2 Å². The number of halogens is 1. The molecule has 1 unspecified atom stereocenters. The van der Waals surface area contributed by atoms with Gasteiger partial charge in [0.2, 0.25) is 0 Å². The van der Waals surface area contributed by atoms with E-state index in [1.54, 1.807) is 19.2 Å². The minimum Gasteiger partial charge on any atom is -0.349 e. The number of nitrogens with zero attached hydrogens (tertiary/aromatic N) is 5. The maximum absolute atomic E-state index is 13.9. The molecular formula is C18H23FN6O. The summed E-state index contributed by atoms with van der Waals surface area (Å²) < 4.78 is 13.9. The minimum atomic E-state index is -0.464. The molecule has 138 valence electrons. The Bertz CT molecular complexity index is 827. The van der Waals surface area contributed by atoms with Crippen molar-refractivity contribution in [2.24, 2.45) is 12.5 Å². The Balaban J connectivity index is 1.31. The largest absolute Gasteiger partial charge is 0.349 e. The molecular weight excluding hydrogens is 335 g/mol. The summed E-state index contributed by atoms with van der Waals surface area (Å²) in [6, 6.07) is 4.78. The van der Waals surface area contributed by atoms with E-state index in [2.05, 4.69) is 25.6 Å². The van der Waals surface area contributed by atoms with Crippen LogP contribution in [0.25, 0.3) is 0 Å². The molecule has 1 aliphatic carbocycles. The van der Waals surface area contributed by atoms with Crippen LogP contribution >= 0.6 is 0 Å². The van der Waals surface area contributed by atoms with Crippen LogP contribution in [-0.4, -0.2) is 50.1 Å². The Kier molecular flexibility index (Phi) is 4.22. The van der Waals surface area contributed by atoms with Crippen molar-refractivity contribution in [3.63, 3.8) is 0 Å². The fraction of sp³-hybridized carbons (Fsp3) is 0.556. The predicted molar refractivity (Wildman–Crippen MR) is 92.8 cm³/mol. The Morgan fingerprint density at radius 2 is 2.15 bits per heavy atom. The monoisotopic (exact) mass is 358 g/mol. The first kappa shape index (κ1) is 17.1. The number of carbonyl (C=O) groups excluding carboxylic acids is 1. The van der Waals surface area contributed by atoms with Crippen molar-refractivity contribution in [2.75, 3.05) is 13.1 Å². The van der Waals surface area contributed by atoms with Gasteiger partial charge in [-0.25, -0.2) is 4.39 Å². The molecule has 8 heteroatoms. The molecule has 1 N–H and O–H groups in total. The first-order chi connectivity index (χ1) is 12.4. The summed E-state index contributed by atoms with van der Waals surface area (Å²) >= 11 is 0. The van der Waals surface area contributed by atoms with E-state index in [-0.39, 0.29) is 22.9 Å². The zero-order valence-electron chi connectivity index (χ0n) is 15.1. The molecule has 1 aliphatic heterocycles. The molecule has 4 rings (SSSR count). The molecule has 26 heavy (non-hydrogen) atoms. The summed E-state index contributed by atoms with van der Waals surface area (Å²) in [5.41, 5.74) is 1.19. The predicted octanol–water partition coefficient (Wildman–Crippen LogP) is 1.44. The molecule has 2 heterocycles. The zero-order chi connectivity index (χ0) is 18.3. The van der Waals surface area contributed by atoms with Crippen molar-refractivity contribution in [1.82, 2.24) is 30.4 Å². The second-order valence-corrected chi connectivity index (χ2v) is 7.55.